The highest BCUT2D eigenvalue weighted by Gasteiger charge is 2.09. The minimum Gasteiger partial charge on any atom is -0.348 e. The van der Waals surface area contributed by atoms with Gasteiger partial charge in [0, 0.05) is 41.9 Å². The van der Waals surface area contributed by atoms with E-state index in [2.05, 4.69) is 28.8 Å². The number of ketones is 1. The second-order valence-corrected chi connectivity index (χ2v) is 6.33. The van der Waals surface area contributed by atoms with Gasteiger partial charge in [0.1, 0.15) is 5.78 Å². The van der Waals surface area contributed by atoms with Crippen molar-refractivity contribution in [2.75, 3.05) is 12.0 Å². The lowest BCUT2D eigenvalue weighted by molar-refractivity contribution is -0.116. The summed E-state index contributed by atoms with van der Waals surface area (Å²) in [5.41, 5.74) is 3.44. The van der Waals surface area contributed by atoms with E-state index in [9.17, 15) is 9.00 Å². The zero-order valence-corrected chi connectivity index (χ0v) is 12.7. The molecule has 1 aromatic heterocycles. The molecule has 0 saturated heterocycles. The fraction of sp³-hybridized carbons (Fsp3) is 0.312. The number of nitrogens with zero attached hydrogens (tertiary/aromatic N) is 1. The summed E-state index contributed by atoms with van der Waals surface area (Å²) in [4.78, 5) is 11.6. The molecule has 1 aromatic carbocycles. The molecule has 0 N–H and O–H groups in total. The van der Waals surface area contributed by atoms with Crippen LogP contribution in [0, 0.1) is 0 Å². The van der Waals surface area contributed by atoms with E-state index in [-0.39, 0.29) is 11.5 Å². The maximum atomic E-state index is 11.6. The molecule has 0 bridgehead atoms. The van der Waals surface area contributed by atoms with Crippen molar-refractivity contribution >= 4 is 16.6 Å². The van der Waals surface area contributed by atoms with Crippen LogP contribution in [-0.2, 0) is 29.1 Å². The van der Waals surface area contributed by atoms with Crippen LogP contribution in [-0.4, -0.2) is 26.6 Å². The quantitative estimate of drug-likeness (QED) is 0.820. The van der Waals surface area contributed by atoms with Crippen molar-refractivity contribution < 1.29 is 9.00 Å². The van der Waals surface area contributed by atoms with Crippen molar-refractivity contribution in [3.63, 3.8) is 0 Å². The van der Waals surface area contributed by atoms with Gasteiger partial charge in [-0.1, -0.05) is 30.3 Å². The lowest BCUT2D eigenvalue weighted by Gasteiger charge is -2.07. The fourth-order valence-electron chi connectivity index (χ4n) is 2.27. The first-order chi connectivity index (χ1) is 9.58. The Morgan fingerprint density at radius 3 is 2.50 bits per heavy atom. The maximum Gasteiger partial charge on any atom is 0.145 e. The Morgan fingerprint density at radius 2 is 1.85 bits per heavy atom. The highest BCUT2D eigenvalue weighted by Crippen LogP contribution is 2.21. The van der Waals surface area contributed by atoms with Gasteiger partial charge in [-0.3, -0.25) is 9.00 Å². The maximum absolute atomic E-state index is 11.6. The number of carbonyl (C=O) groups excluding carboxylic acids is 1. The van der Waals surface area contributed by atoms with Gasteiger partial charge in [-0.25, -0.2) is 0 Å². The zero-order chi connectivity index (χ0) is 14.5. The number of aryl methyl sites for hydroxylation is 1. The molecule has 0 radical (unpaired) electrons. The summed E-state index contributed by atoms with van der Waals surface area (Å²) in [7, 11) is 0.974. The van der Waals surface area contributed by atoms with E-state index in [1.165, 1.54) is 5.56 Å². The van der Waals surface area contributed by atoms with E-state index in [0.29, 0.717) is 12.8 Å². The summed E-state index contributed by atoms with van der Waals surface area (Å²) in [6.07, 6.45) is 2.71. The van der Waals surface area contributed by atoms with Crippen molar-refractivity contribution in [3.8, 4) is 11.3 Å². The lowest BCUT2D eigenvalue weighted by atomic mass is 10.1. The Kier molecular flexibility index (Phi) is 4.90. The minimum absolute atomic E-state index is 0.0632. The van der Waals surface area contributed by atoms with Gasteiger partial charge >= 0.3 is 0 Å². The molecule has 0 fully saturated rings. The lowest BCUT2D eigenvalue weighted by Crippen LogP contribution is -2.11. The molecule has 0 aliphatic rings. The normalized spacial score (nSPS) is 12.3. The molecule has 0 saturated carbocycles. The first-order valence-corrected chi connectivity index (χ1v) is 8.32. The molecule has 1 heterocycles. The smallest absolute Gasteiger partial charge is 0.145 e. The fourth-order valence-corrected chi connectivity index (χ4v) is 2.87. The Labute approximate surface area is 122 Å². The van der Waals surface area contributed by atoms with Gasteiger partial charge in [0.15, 0.2) is 0 Å². The predicted molar refractivity (Wildman–Crippen MR) is 83.1 cm³/mol. The first kappa shape index (κ1) is 14.7. The number of aromatic nitrogens is 1. The van der Waals surface area contributed by atoms with E-state index in [0.717, 1.165) is 11.4 Å². The summed E-state index contributed by atoms with van der Waals surface area (Å²) in [5.74, 6) is 0.226. The molecular weight excluding hydrogens is 270 g/mol. The van der Waals surface area contributed by atoms with Crippen LogP contribution in [0.4, 0.5) is 0 Å². The number of hydrogen-bond acceptors (Lipinski definition) is 2. The number of carbonyl (C=O) groups is 1. The molecule has 4 heteroatoms. The van der Waals surface area contributed by atoms with Crippen LogP contribution in [0.25, 0.3) is 11.3 Å². The zero-order valence-electron chi connectivity index (χ0n) is 11.8. The summed E-state index contributed by atoms with van der Waals surface area (Å²) < 4.78 is 13.1. The summed E-state index contributed by atoms with van der Waals surface area (Å²) >= 11 is 0. The van der Waals surface area contributed by atoms with Gasteiger partial charge in [-0.05, 0) is 24.1 Å². The number of hydrogen-bond donors (Lipinski definition) is 0. The molecule has 3 nitrogen and oxygen atoms in total. The van der Waals surface area contributed by atoms with Crippen LogP contribution in [0.3, 0.4) is 0 Å². The third kappa shape index (κ3) is 3.67. The summed E-state index contributed by atoms with van der Waals surface area (Å²) in [6.45, 7) is 0. The molecule has 1 atom stereocenters. The Bertz CT molecular complexity index is 617. The topological polar surface area (TPSA) is 39.1 Å². The monoisotopic (exact) mass is 289 g/mol. The number of Topliss-reactive ketones (excluding diaryl/α,β-unsaturated/α-hetero) is 1. The van der Waals surface area contributed by atoms with Crippen molar-refractivity contribution in [3.05, 3.63) is 48.2 Å². The molecule has 1 unspecified atom stereocenters. The Balaban J connectivity index is 2.06. The van der Waals surface area contributed by atoms with E-state index in [1.807, 2.05) is 25.2 Å². The van der Waals surface area contributed by atoms with Gasteiger partial charge < -0.3 is 4.57 Å². The standard InChI is InChI=1S/C16H19NO2S/c1-17-14(8-10-15(18)12-20(2)19)9-11-16(17)13-6-4-3-5-7-13/h3-7,9,11H,8,10,12H2,1-2H3. The van der Waals surface area contributed by atoms with Crippen LogP contribution >= 0.6 is 0 Å². The third-order valence-corrected chi connectivity index (χ3v) is 4.05. The molecule has 0 amide bonds. The average Bonchev–Trinajstić information content (AvgIpc) is 2.78. The van der Waals surface area contributed by atoms with Gasteiger partial charge in [-0.15, -0.1) is 0 Å². The van der Waals surface area contributed by atoms with Gasteiger partial charge in [0.05, 0.1) is 5.75 Å². The Hall–Kier alpha value is -1.68. The van der Waals surface area contributed by atoms with Crippen molar-refractivity contribution in [2.45, 2.75) is 12.8 Å². The molecule has 2 rings (SSSR count). The van der Waals surface area contributed by atoms with E-state index in [4.69, 9.17) is 0 Å². The predicted octanol–water partition coefficient (Wildman–Crippen LogP) is 2.57. The van der Waals surface area contributed by atoms with Crippen molar-refractivity contribution in [2.24, 2.45) is 7.05 Å². The number of rotatable bonds is 6. The summed E-state index contributed by atoms with van der Waals surface area (Å²) in [5, 5.41) is 0. The van der Waals surface area contributed by atoms with E-state index < -0.39 is 10.8 Å². The van der Waals surface area contributed by atoms with Gasteiger partial charge in [0.25, 0.3) is 0 Å². The highest BCUT2D eigenvalue weighted by atomic mass is 32.2. The van der Waals surface area contributed by atoms with Crippen LogP contribution in [0.2, 0.25) is 0 Å². The van der Waals surface area contributed by atoms with E-state index in [1.54, 1.807) is 6.26 Å². The van der Waals surface area contributed by atoms with Gasteiger partial charge in [0.2, 0.25) is 0 Å². The van der Waals surface area contributed by atoms with Crippen LogP contribution < -0.4 is 0 Å². The van der Waals surface area contributed by atoms with Crippen LogP contribution in [0.1, 0.15) is 12.1 Å². The molecule has 20 heavy (non-hydrogen) atoms. The Morgan fingerprint density at radius 1 is 1.15 bits per heavy atom. The largest absolute Gasteiger partial charge is 0.348 e. The summed E-state index contributed by atoms with van der Waals surface area (Å²) in [6, 6.07) is 14.3. The third-order valence-electron chi connectivity index (χ3n) is 3.32. The number of benzene rings is 1. The first-order valence-electron chi connectivity index (χ1n) is 6.59. The molecule has 106 valence electrons. The van der Waals surface area contributed by atoms with Gasteiger partial charge in [-0.2, -0.15) is 0 Å². The molecule has 0 spiro atoms. The van der Waals surface area contributed by atoms with Crippen LogP contribution in [0.5, 0.6) is 0 Å². The van der Waals surface area contributed by atoms with Crippen molar-refractivity contribution in [1.82, 2.24) is 4.57 Å². The SMILES string of the molecule is Cn1c(CCC(=O)CS(C)=O)ccc1-c1ccccc1. The second-order valence-electron chi connectivity index (χ2n) is 4.89. The second kappa shape index (κ2) is 6.66. The van der Waals surface area contributed by atoms with E-state index >= 15 is 0 Å². The highest BCUT2D eigenvalue weighted by molar-refractivity contribution is 7.85. The van der Waals surface area contributed by atoms with Crippen molar-refractivity contribution in [1.29, 1.82) is 0 Å². The molecular formula is C16H19NO2S. The molecule has 0 aliphatic heterocycles. The molecule has 0 aliphatic carbocycles. The minimum atomic E-state index is -1.04. The molecule has 2 aromatic rings. The average molecular weight is 289 g/mol. The van der Waals surface area contributed by atoms with Crippen LogP contribution in [0.15, 0.2) is 42.5 Å².